The smallest absolute Gasteiger partial charge is 0.175 e. The van der Waals surface area contributed by atoms with Gasteiger partial charge in [-0.3, -0.25) is 0 Å². The highest BCUT2D eigenvalue weighted by atomic mass is 15.3. The number of rotatable bonds is 3. The van der Waals surface area contributed by atoms with Crippen molar-refractivity contribution in [2.75, 3.05) is 5.32 Å². The number of nitrogens with zero attached hydrogens (tertiary/aromatic N) is 4. The molecule has 0 bridgehead atoms. The van der Waals surface area contributed by atoms with E-state index in [2.05, 4.69) is 32.8 Å². The molecule has 5 heteroatoms. The normalized spacial score (nSPS) is 15.2. The Morgan fingerprint density at radius 1 is 1.17 bits per heavy atom. The van der Waals surface area contributed by atoms with E-state index in [1.54, 1.807) is 4.68 Å². The van der Waals surface area contributed by atoms with Gasteiger partial charge in [0, 0.05) is 12.2 Å². The lowest BCUT2D eigenvalue weighted by atomic mass is 10.2. The Morgan fingerprint density at radius 3 is 2.61 bits per heavy atom. The number of nitrogens with one attached hydrogen (secondary N) is 1. The third-order valence-electron chi connectivity index (χ3n) is 2.97. The van der Waals surface area contributed by atoms with Crippen molar-refractivity contribution in [2.24, 2.45) is 0 Å². The molecule has 2 heterocycles. The molecule has 92 valence electrons. The first-order valence-corrected chi connectivity index (χ1v) is 6.09. The van der Waals surface area contributed by atoms with Gasteiger partial charge < -0.3 is 5.32 Å². The predicted molar refractivity (Wildman–Crippen MR) is 69.7 cm³/mol. The molecular formula is C13H15N5. The van der Waals surface area contributed by atoms with Crippen LogP contribution in [0.25, 0.3) is 5.82 Å². The van der Waals surface area contributed by atoms with Gasteiger partial charge in [0.25, 0.3) is 0 Å². The van der Waals surface area contributed by atoms with Gasteiger partial charge in [0.2, 0.25) is 0 Å². The summed E-state index contributed by atoms with van der Waals surface area (Å²) < 4.78 is 1.73. The van der Waals surface area contributed by atoms with Crippen LogP contribution in [0, 0.1) is 6.92 Å². The van der Waals surface area contributed by atoms with E-state index in [4.69, 9.17) is 0 Å². The maximum Gasteiger partial charge on any atom is 0.175 e. The van der Waals surface area contributed by atoms with Gasteiger partial charge in [-0.15, -0.1) is 10.2 Å². The second-order valence-corrected chi connectivity index (χ2v) is 4.46. The van der Waals surface area contributed by atoms with Crippen LogP contribution in [0.15, 0.2) is 36.5 Å². The fourth-order valence-corrected chi connectivity index (χ4v) is 2.01. The Balaban J connectivity index is 1.72. The van der Waals surface area contributed by atoms with Gasteiger partial charge in [-0.2, -0.15) is 5.10 Å². The summed E-state index contributed by atoms with van der Waals surface area (Å²) in [4.78, 5) is 0. The van der Waals surface area contributed by atoms with Crippen molar-refractivity contribution < 1.29 is 0 Å². The summed E-state index contributed by atoms with van der Waals surface area (Å²) in [5, 5.41) is 16.0. The highest BCUT2D eigenvalue weighted by Crippen LogP contribution is 2.15. The van der Waals surface area contributed by atoms with Crippen LogP contribution < -0.4 is 5.32 Å². The van der Waals surface area contributed by atoms with Crippen molar-refractivity contribution >= 4 is 5.82 Å². The largest absolute Gasteiger partial charge is 0.365 e. The van der Waals surface area contributed by atoms with Crippen LogP contribution in [0.2, 0.25) is 0 Å². The Labute approximate surface area is 106 Å². The average molecular weight is 241 g/mol. The minimum atomic E-state index is 0.456. The molecule has 0 atom stereocenters. The van der Waals surface area contributed by atoms with E-state index in [0.29, 0.717) is 6.04 Å². The molecule has 0 unspecified atom stereocenters. The van der Waals surface area contributed by atoms with Crippen LogP contribution in [0.5, 0.6) is 0 Å². The SMILES string of the molecule is Cc1ccn(-c2ccc(NC3CC=CC3)nn2)n1. The standard InChI is InChI=1S/C13H15N5/c1-10-8-9-18(17-10)13-7-6-12(15-16-13)14-11-4-2-3-5-11/h2-3,6-9,11H,4-5H2,1H3,(H,14,15). The summed E-state index contributed by atoms with van der Waals surface area (Å²) in [5.74, 6) is 1.55. The quantitative estimate of drug-likeness (QED) is 0.836. The monoisotopic (exact) mass is 241 g/mol. The molecule has 0 aliphatic heterocycles. The van der Waals surface area contributed by atoms with E-state index >= 15 is 0 Å². The third kappa shape index (κ3) is 2.25. The Kier molecular flexibility index (Phi) is 2.80. The minimum absolute atomic E-state index is 0.456. The number of hydrogen-bond donors (Lipinski definition) is 1. The maximum absolute atomic E-state index is 4.30. The average Bonchev–Trinajstić information content (AvgIpc) is 3.02. The van der Waals surface area contributed by atoms with Crippen LogP contribution in [0.4, 0.5) is 5.82 Å². The first kappa shape index (κ1) is 11.0. The van der Waals surface area contributed by atoms with Crippen LogP contribution in [-0.2, 0) is 0 Å². The number of anilines is 1. The predicted octanol–water partition coefficient (Wildman–Crippen LogP) is 2.10. The summed E-state index contributed by atoms with van der Waals surface area (Å²) in [7, 11) is 0. The fraction of sp³-hybridized carbons (Fsp3) is 0.308. The lowest BCUT2D eigenvalue weighted by molar-refractivity contribution is 0.764. The first-order valence-electron chi connectivity index (χ1n) is 6.09. The molecule has 0 spiro atoms. The van der Waals surface area contributed by atoms with Gasteiger partial charge in [-0.05, 0) is 38.0 Å². The van der Waals surface area contributed by atoms with E-state index in [9.17, 15) is 0 Å². The van der Waals surface area contributed by atoms with Gasteiger partial charge in [-0.25, -0.2) is 4.68 Å². The summed E-state index contributed by atoms with van der Waals surface area (Å²) in [5.41, 5.74) is 0.969. The first-order chi connectivity index (χ1) is 8.81. The van der Waals surface area contributed by atoms with Crippen molar-refractivity contribution in [1.82, 2.24) is 20.0 Å². The molecule has 0 saturated carbocycles. The van der Waals surface area contributed by atoms with E-state index in [-0.39, 0.29) is 0 Å². The van der Waals surface area contributed by atoms with E-state index < -0.39 is 0 Å². The lowest BCUT2D eigenvalue weighted by Crippen LogP contribution is -2.16. The molecule has 0 saturated heterocycles. The molecule has 0 amide bonds. The van der Waals surface area contributed by atoms with Crippen molar-refractivity contribution in [1.29, 1.82) is 0 Å². The highest BCUT2D eigenvalue weighted by molar-refractivity contribution is 5.38. The minimum Gasteiger partial charge on any atom is -0.365 e. The van der Waals surface area contributed by atoms with Gasteiger partial charge in [0.15, 0.2) is 5.82 Å². The molecule has 18 heavy (non-hydrogen) atoms. The molecule has 1 aliphatic rings. The second kappa shape index (κ2) is 4.60. The van der Waals surface area contributed by atoms with Gasteiger partial charge in [-0.1, -0.05) is 12.2 Å². The highest BCUT2D eigenvalue weighted by Gasteiger charge is 2.10. The second-order valence-electron chi connectivity index (χ2n) is 4.46. The van der Waals surface area contributed by atoms with E-state index in [1.807, 2.05) is 31.3 Å². The fourth-order valence-electron chi connectivity index (χ4n) is 2.01. The molecular weight excluding hydrogens is 226 g/mol. The van der Waals surface area contributed by atoms with Crippen molar-refractivity contribution in [2.45, 2.75) is 25.8 Å². The zero-order valence-electron chi connectivity index (χ0n) is 10.2. The number of aryl methyl sites for hydroxylation is 1. The summed E-state index contributed by atoms with van der Waals surface area (Å²) in [6, 6.07) is 6.26. The van der Waals surface area contributed by atoms with Crippen LogP contribution in [-0.4, -0.2) is 26.0 Å². The molecule has 3 rings (SSSR count). The van der Waals surface area contributed by atoms with Crippen LogP contribution in [0.3, 0.4) is 0 Å². The van der Waals surface area contributed by atoms with E-state index in [0.717, 1.165) is 30.2 Å². The van der Waals surface area contributed by atoms with Crippen LogP contribution >= 0.6 is 0 Å². The zero-order valence-corrected chi connectivity index (χ0v) is 10.2. The van der Waals surface area contributed by atoms with E-state index in [1.165, 1.54) is 0 Å². The summed E-state index contributed by atoms with van der Waals surface area (Å²) in [6.07, 6.45) is 8.37. The Morgan fingerprint density at radius 2 is 2.00 bits per heavy atom. The molecule has 0 aromatic carbocycles. The Hall–Kier alpha value is -2.17. The number of aromatic nitrogens is 4. The molecule has 2 aromatic heterocycles. The maximum atomic E-state index is 4.30. The van der Waals surface area contributed by atoms with Gasteiger partial charge in [0.1, 0.15) is 5.82 Å². The molecule has 0 radical (unpaired) electrons. The molecule has 5 nitrogen and oxygen atoms in total. The van der Waals surface area contributed by atoms with Gasteiger partial charge in [0.05, 0.1) is 5.69 Å². The third-order valence-corrected chi connectivity index (χ3v) is 2.97. The molecule has 1 N–H and O–H groups in total. The van der Waals surface area contributed by atoms with Gasteiger partial charge >= 0.3 is 0 Å². The molecule has 1 aliphatic carbocycles. The van der Waals surface area contributed by atoms with Crippen molar-refractivity contribution in [3.05, 3.63) is 42.2 Å². The topological polar surface area (TPSA) is 55.6 Å². The Bertz CT molecular complexity index is 547. The van der Waals surface area contributed by atoms with Crippen molar-refractivity contribution in [3.63, 3.8) is 0 Å². The molecule has 0 fully saturated rings. The summed E-state index contributed by atoms with van der Waals surface area (Å²) >= 11 is 0. The summed E-state index contributed by atoms with van der Waals surface area (Å²) in [6.45, 7) is 1.95. The molecule has 2 aromatic rings. The zero-order chi connectivity index (χ0) is 12.4. The van der Waals surface area contributed by atoms with Crippen molar-refractivity contribution in [3.8, 4) is 5.82 Å². The lowest BCUT2D eigenvalue weighted by Gasteiger charge is -2.11. The number of hydrogen-bond acceptors (Lipinski definition) is 4. The van der Waals surface area contributed by atoms with Crippen LogP contribution in [0.1, 0.15) is 18.5 Å².